The maximum atomic E-state index is 11.8. The monoisotopic (exact) mass is 422 g/mol. The van der Waals surface area contributed by atoms with E-state index in [1.165, 1.54) is 6.07 Å². The van der Waals surface area contributed by atoms with Crippen molar-refractivity contribution in [3.05, 3.63) is 56.5 Å². The van der Waals surface area contributed by atoms with Crippen LogP contribution in [0.5, 0.6) is 5.75 Å². The SMILES string of the molecule is O=C(COc1ccc(Cl)cc1Cl)NC(=S)Nc1ccc(Cl)cc1Cl. The molecular formula is C15H10Cl4N2O2S. The van der Waals surface area contributed by atoms with Crippen molar-refractivity contribution in [2.45, 2.75) is 0 Å². The zero-order chi connectivity index (χ0) is 17.7. The van der Waals surface area contributed by atoms with Gasteiger partial charge in [0, 0.05) is 10.0 Å². The van der Waals surface area contributed by atoms with E-state index >= 15 is 0 Å². The van der Waals surface area contributed by atoms with Crippen LogP contribution >= 0.6 is 58.6 Å². The lowest BCUT2D eigenvalue weighted by atomic mass is 10.3. The van der Waals surface area contributed by atoms with Crippen LogP contribution < -0.4 is 15.4 Å². The fraction of sp³-hybridized carbons (Fsp3) is 0.0667. The highest BCUT2D eigenvalue weighted by Crippen LogP contribution is 2.27. The molecule has 0 aromatic heterocycles. The van der Waals surface area contributed by atoms with Crippen LogP contribution in [-0.2, 0) is 4.79 Å². The van der Waals surface area contributed by atoms with Gasteiger partial charge in [-0.3, -0.25) is 10.1 Å². The number of hydrogen-bond acceptors (Lipinski definition) is 3. The van der Waals surface area contributed by atoms with Gasteiger partial charge in [-0.05, 0) is 48.6 Å². The van der Waals surface area contributed by atoms with Crippen molar-refractivity contribution in [2.24, 2.45) is 0 Å². The predicted octanol–water partition coefficient (Wildman–Crippen LogP) is 5.19. The lowest BCUT2D eigenvalue weighted by Crippen LogP contribution is -2.37. The maximum absolute atomic E-state index is 11.8. The van der Waals surface area contributed by atoms with Crippen LogP contribution in [0.3, 0.4) is 0 Å². The first-order valence-electron chi connectivity index (χ1n) is 6.49. The first-order chi connectivity index (χ1) is 11.3. The van der Waals surface area contributed by atoms with E-state index in [2.05, 4.69) is 10.6 Å². The van der Waals surface area contributed by atoms with Crippen molar-refractivity contribution >= 4 is 75.3 Å². The Bertz CT molecular complexity index is 786. The number of anilines is 1. The summed E-state index contributed by atoms with van der Waals surface area (Å²) in [6, 6.07) is 9.54. The topological polar surface area (TPSA) is 50.4 Å². The normalized spacial score (nSPS) is 10.2. The molecular weight excluding hydrogens is 414 g/mol. The molecule has 0 radical (unpaired) electrons. The molecule has 0 atom stereocenters. The zero-order valence-corrected chi connectivity index (χ0v) is 15.7. The average Bonchev–Trinajstić information content (AvgIpc) is 2.49. The Morgan fingerprint density at radius 2 is 1.62 bits per heavy atom. The predicted molar refractivity (Wildman–Crippen MR) is 103 cm³/mol. The van der Waals surface area contributed by atoms with Gasteiger partial charge in [0.2, 0.25) is 0 Å². The summed E-state index contributed by atoms with van der Waals surface area (Å²) in [7, 11) is 0. The zero-order valence-electron chi connectivity index (χ0n) is 11.9. The number of amides is 1. The molecule has 2 aromatic rings. The summed E-state index contributed by atoms with van der Waals surface area (Å²) in [4.78, 5) is 11.8. The van der Waals surface area contributed by atoms with E-state index in [0.29, 0.717) is 31.5 Å². The summed E-state index contributed by atoms with van der Waals surface area (Å²) in [6.07, 6.45) is 0. The van der Waals surface area contributed by atoms with Crippen LogP contribution in [0.25, 0.3) is 0 Å². The van der Waals surface area contributed by atoms with Crippen LogP contribution in [0.1, 0.15) is 0 Å². The van der Waals surface area contributed by atoms with Crippen molar-refractivity contribution in [2.75, 3.05) is 11.9 Å². The summed E-state index contributed by atoms with van der Waals surface area (Å²) in [5.74, 6) is -0.112. The van der Waals surface area contributed by atoms with Crippen LogP contribution in [0.2, 0.25) is 20.1 Å². The van der Waals surface area contributed by atoms with Gasteiger partial charge in [-0.15, -0.1) is 0 Å². The minimum absolute atomic E-state index is 0.0787. The van der Waals surface area contributed by atoms with Crippen molar-refractivity contribution in [3.63, 3.8) is 0 Å². The number of halogens is 4. The lowest BCUT2D eigenvalue weighted by Gasteiger charge is -2.12. The minimum Gasteiger partial charge on any atom is -0.482 e. The highest BCUT2D eigenvalue weighted by molar-refractivity contribution is 7.80. The third-order valence-electron chi connectivity index (χ3n) is 2.68. The van der Waals surface area contributed by atoms with Gasteiger partial charge in [-0.2, -0.15) is 0 Å². The van der Waals surface area contributed by atoms with Gasteiger partial charge in [-0.25, -0.2) is 0 Å². The van der Waals surface area contributed by atoms with Gasteiger partial charge in [0.25, 0.3) is 5.91 Å². The highest BCUT2D eigenvalue weighted by atomic mass is 35.5. The summed E-state index contributed by atoms with van der Waals surface area (Å²) in [6.45, 7) is -0.266. The summed E-state index contributed by atoms with van der Waals surface area (Å²) in [5.41, 5.74) is 0.521. The van der Waals surface area contributed by atoms with E-state index in [1.807, 2.05) is 0 Å². The molecule has 2 N–H and O–H groups in total. The van der Waals surface area contributed by atoms with Gasteiger partial charge >= 0.3 is 0 Å². The summed E-state index contributed by atoms with van der Waals surface area (Å²) < 4.78 is 5.31. The van der Waals surface area contributed by atoms with Crippen molar-refractivity contribution in [3.8, 4) is 5.75 Å². The maximum Gasteiger partial charge on any atom is 0.264 e. The first kappa shape index (κ1) is 19.1. The van der Waals surface area contributed by atoms with Crippen LogP contribution in [0.4, 0.5) is 5.69 Å². The Hall–Kier alpha value is -1.24. The molecule has 24 heavy (non-hydrogen) atoms. The van der Waals surface area contributed by atoms with E-state index in [9.17, 15) is 4.79 Å². The number of nitrogens with one attached hydrogen (secondary N) is 2. The molecule has 9 heteroatoms. The molecule has 0 fully saturated rings. The van der Waals surface area contributed by atoms with E-state index in [1.54, 1.807) is 30.3 Å². The number of carbonyl (C=O) groups is 1. The third kappa shape index (κ3) is 5.69. The van der Waals surface area contributed by atoms with Gasteiger partial charge in [0.15, 0.2) is 11.7 Å². The van der Waals surface area contributed by atoms with Gasteiger partial charge in [0.1, 0.15) is 5.75 Å². The molecule has 2 rings (SSSR count). The molecule has 2 aromatic carbocycles. The Balaban J connectivity index is 1.86. The number of ether oxygens (including phenoxy) is 1. The van der Waals surface area contributed by atoms with Crippen LogP contribution in [0, 0.1) is 0 Å². The fourth-order valence-electron chi connectivity index (χ4n) is 1.64. The largest absolute Gasteiger partial charge is 0.482 e. The van der Waals surface area contributed by atoms with Crippen molar-refractivity contribution < 1.29 is 9.53 Å². The molecule has 1 amide bonds. The van der Waals surface area contributed by atoms with Gasteiger partial charge in [-0.1, -0.05) is 46.4 Å². The molecule has 0 aliphatic rings. The quantitative estimate of drug-likeness (QED) is 0.664. The molecule has 0 spiro atoms. The number of hydrogen-bond donors (Lipinski definition) is 2. The van der Waals surface area contributed by atoms with Crippen molar-refractivity contribution in [1.82, 2.24) is 5.32 Å². The third-order valence-corrected chi connectivity index (χ3v) is 3.97. The van der Waals surface area contributed by atoms with Crippen molar-refractivity contribution in [1.29, 1.82) is 0 Å². The van der Waals surface area contributed by atoms with E-state index in [0.717, 1.165) is 0 Å². The van der Waals surface area contributed by atoms with Gasteiger partial charge < -0.3 is 10.1 Å². The number of rotatable bonds is 4. The van der Waals surface area contributed by atoms with E-state index in [4.69, 9.17) is 63.4 Å². The van der Waals surface area contributed by atoms with Crippen LogP contribution in [-0.4, -0.2) is 17.6 Å². The second kappa shape index (κ2) is 8.74. The lowest BCUT2D eigenvalue weighted by molar-refractivity contribution is -0.121. The molecule has 0 saturated carbocycles. The fourth-order valence-corrected chi connectivity index (χ4v) is 2.79. The standard InChI is InChI=1S/C15H10Cl4N2O2S/c16-8-1-3-12(10(18)5-8)20-15(24)21-14(22)7-23-13-4-2-9(17)6-11(13)19/h1-6H,7H2,(H2,20,21,22,24). The molecule has 126 valence electrons. The smallest absolute Gasteiger partial charge is 0.264 e. The van der Waals surface area contributed by atoms with Gasteiger partial charge in [0.05, 0.1) is 15.7 Å². The molecule has 4 nitrogen and oxygen atoms in total. The van der Waals surface area contributed by atoms with E-state index < -0.39 is 5.91 Å². The molecule has 0 aliphatic heterocycles. The summed E-state index contributed by atoms with van der Waals surface area (Å²) in [5, 5.41) is 7.00. The molecule has 0 saturated heterocycles. The number of benzene rings is 2. The molecule has 0 heterocycles. The summed E-state index contributed by atoms with van der Waals surface area (Å²) >= 11 is 28.6. The highest BCUT2D eigenvalue weighted by Gasteiger charge is 2.09. The average molecular weight is 424 g/mol. The Kier molecular flexibility index (Phi) is 6.95. The number of thiocarbonyl (C=S) groups is 1. The molecule has 0 bridgehead atoms. The minimum atomic E-state index is -0.455. The van der Waals surface area contributed by atoms with E-state index in [-0.39, 0.29) is 11.7 Å². The second-order valence-corrected chi connectivity index (χ2v) is 6.59. The number of carbonyl (C=O) groups excluding carboxylic acids is 1. The second-order valence-electron chi connectivity index (χ2n) is 4.49. The molecule has 0 aliphatic carbocycles. The van der Waals surface area contributed by atoms with Crippen LogP contribution in [0.15, 0.2) is 36.4 Å². The Morgan fingerprint density at radius 1 is 1.00 bits per heavy atom. The Labute approximate surface area is 164 Å². The first-order valence-corrected chi connectivity index (χ1v) is 8.41. The molecule has 0 unspecified atom stereocenters. The Morgan fingerprint density at radius 3 is 2.25 bits per heavy atom.